The van der Waals surface area contributed by atoms with E-state index in [4.69, 9.17) is 4.74 Å². The zero-order chi connectivity index (χ0) is 18.7. The van der Waals surface area contributed by atoms with Crippen LogP contribution >= 0.6 is 0 Å². The lowest BCUT2D eigenvalue weighted by molar-refractivity contribution is -0.149. The minimum Gasteiger partial charge on any atom is -0.462 e. The van der Waals surface area contributed by atoms with Crippen LogP contribution in [0.15, 0.2) is 16.8 Å². The van der Waals surface area contributed by atoms with Crippen molar-refractivity contribution < 1.29 is 19.8 Å². The Labute approximate surface area is 155 Å². The quantitative estimate of drug-likeness (QED) is 0.323. The predicted molar refractivity (Wildman–Crippen MR) is 97.9 cm³/mol. The van der Waals surface area contributed by atoms with Crippen LogP contribution in [0, 0.1) is 28.6 Å². The van der Waals surface area contributed by atoms with Crippen molar-refractivity contribution in [3.63, 3.8) is 0 Å². The number of fused-ring (bicyclic) bond motifs is 5. The third-order valence-electron chi connectivity index (χ3n) is 8.28. The van der Waals surface area contributed by atoms with Gasteiger partial charge in [0.2, 0.25) is 0 Å². The van der Waals surface area contributed by atoms with E-state index in [0.29, 0.717) is 11.8 Å². The number of rotatable bonds is 1. The van der Waals surface area contributed by atoms with Gasteiger partial charge >= 0.3 is 5.97 Å². The zero-order valence-electron chi connectivity index (χ0n) is 16.1. The van der Waals surface area contributed by atoms with E-state index in [9.17, 15) is 15.1 Å². The van der Waals surface area contributed by atoms with Crippen LogP contribution in [0.2, 0.25) is 0 Å². The molecule has 0 saturated heterocycles. The molecule has 7 atom stereocenters. The molecule has 26 heavy (non-hydrogen) atoms. The average Bonchev–Trinajstić information content (AvgIpc) is 2.92. The van der Waals surface area contributed by atoms with Crippen molar-refractivity contribution in [3.05, 3.63) is 11.6 Å². The van der Waals surface area contributed by atoms with Crippen molar-refractivity contribution in [2.75, 3.05) is 0 Å². The van der Waals surface area contributed by atoms with Gasteiger partial charge in [0.05, 0.1) is 11.8 Å². The van der Waals surface area contributed by atoms with Gasteiger partial charge in [0.25, 0.3) is 0 Å². The molecule has 4 aliphatic rings. The molecule has 0 heterocycles. The number of hydrogen-bond donors (Lipinski definition) is 2. The number of hydrogen-bond acceptors (Lipinski definition) is 5. The molecule has 0 unspecified atom stereocenters. The Bertz CT molecular complexity index is 671. The molecule has 5 heteroatoms. The van der Waals surface area contributed by atoms with Crippen molar-refractivity contribution in [3.8, 4) is 0 Å². The van der Waals surface area contributed by atoms with Gasteiger partial charge in [-0.1, -0.05) is 30.7 Å². The van der Waals surface area contributed by atoms with Gasteiger partial charge in [0.1, 0.15) is 6.10 Å². The molecule has 4 rings (SSSR count). The third kappa shape index (κ3) is 2.46. The fraction of sp³-hybridized carbons (Fsp3) is 0.810. The summed E-state index contributed by atoms with van der Waals surface area (Å²) in [5.41, 5.74) is 2.21. The topological polar surface area (TPSA) is 79.1 Å². The number of aliphatic hydroxyl groups excluding tert-OH is 1. The molecule has 2 N–H and O–H groups in total. The maximum atomic E-state index is 11.3. The standard InChI is InChI=1S/C21H31NO4/c1-12(23)26-14-6-8-20(2)13(10-14)11-17(24)19-15-4-5-18(22-25)21(15,3)9-7-16(19)20/h11,14-17,19,24-25H,4-10H2,1-3H3/b22-18+/t14-,15-,16-,17-,19-,20-,21-/m0/s1. The van der Waals surface area contributed by atoms with Gasteiger partial charge in [0, 0.05) is 18.8 Å². The van der Waals surface area contributed by atoms with Gasteiger partial charge in [-0.3, -0.25) is 4.79 Å². The van der Waals surface area contributed by atoms with E-state index >= 15 is 0 Å². The van der Waals surface area contributed by atoms with Crippen LogP contribution in [-0.2, 0) is 9.53 Å². The second kappa shape index (κ2) is 6.08. The first-order valence-electron chi connectivity index (χ1n) is 10.1. The fourth-order valence-corrected chi connectivity index (χ4v) is 6.91. The summed E-state index contributed by atoms with van der Waals surface area (Å²) in [5.74, 6) is 0.838. The van der Waals surface area contributed by atoms with Crippen LogP contribution in [0.3, 0.4) is 0 Å². The molecule has 0 aliphatic heterocycles. The summed E-state index contributed by atoms with van der Waals surface area (Å²) >= 11 is 0. The normalized spacial score (nSPS) is 49.0. The Morgan fingerprint density at radius 1 is 1.19 bits per heavy atom. The van der Waals surface area contributed by atoms with E-state index in [1.54, 1.807) is 0 Å². The molecule has 3 saturated carbocycles. The Morgan fingerprint density at radius 2 is 1.88 bits per heavy atom. The largest absolute Gasteiger partial charge is 0.462 e. The average molecular weight is 361 g/mol. The summed E-state index contributed by atoms with van der Waals surface area (Å²) < 4.78 is 5.47. The number of nitrogens with zero attached hydrogens (tertiary/aromatic N) is 1. The van der Waals surface area contributed by atoms with Gasteiger partial charge in [-0.25, -0.2) is 0 Å². The van der Waals surface area contributed by atoms with Crippen LogP contribution in [0.4, 0.5) is 0 Å². The van der Waals surface area contributed by atoms with Gasteiger partial charge in [-0.15, -0.1) is 0 Å². The molecule has 0 spiro atoms. The lowest BCUT2D eigenvalue weighted by Gasteiger charge is -2.58. The molecular formula is C21H31NO4. The predicted octanol–water partition coefficient (Wildman–Crippen LogP) is 3.68. The molecule has 0 aromatic rings. The second-order valence-electron chi connectivity index (χ2n) is 9.41. The van der Waals surface area contributed by atoms with Crippen molar-refractivity contribution in [1.82, 2.24) is 0 Å². The minimum absolute atomic E-state index is 0.0518. The van der Waals surface area contributed by atoms with Crippen molar-refractivity contribution >= 4 is 11.7 Å². The Hall–Kier alpha value is -1.36. The summed E-state index contributed by atoms with van der Waals surface area (Å²) in [5, 5.41) is 24.1. The van der Waals surface area contributed by atoms with Crippen LogP contribution in [-0.4, -0.2) is 34.2 Å². The molecule has 0 aromatic carbocycles. The Morgan fingerprint density at radius 3 is 2.58 bits per heavy atom. The van der Waals surface area contributed by atoms with Gasteiger partial charge < -0.3 is 15.1 Å². The van der Waals surface area contributed by atoms with E-state index < -0.39 is 6.10 Å². The van der Waals surface area contributed by atoms with Crippen LogP contribution < -0.4 is 0 Å². The molecule has 144 valence electrons. The first-order chi connectivity index (χ1) is 12.3. The Kier molecular flexibility index (Phi) is 4.22. The number of carbonyl (C=O) groups is 1. The lowest BCUT2D eigenvalue weighted by Crippen LogP contribution is -2.54. The molecule has 0 radical (unpaired) electrons. The second-order valence-corrected chi connectivity index (χ2v) is 9.41. The molecule has 0 aromatic heterocycles. The highest BCUT2D eigenvalue weighted by Gasteiger charge is 2.60. The highest BCUT2D eigenvalue weighted by atomic mass is 16.5. The highest BCUT2D eigenvalue weighted by Crippen LogP contribution is 2.64. The number of carbonyl (C=O) groups excluding carboxylic acids is 1. The van der Waals surface area contributed by atoms with Gasteiger partial charge in [-0.05, 0) is 61.7 Å². The Balaban J connectivity index is 1.65. The lowest BCUT2D eigenvalue weighted by atomic mass is 9.47. The maximum absolute atomic E-state index is 11.3. The summed E-state index contributed by atoms with van der Waals surface area (Å²) in [6.07, 6.45) is 8.15. The van der Waals surface area contributed by atoms with Crippen molar-refractivity contribution in [2.45, 2.75) is 77.9 Å². The third-order valence-corrected chi connectivity index (χ3v) is 8.28. The maximum Gasteiger partial charge on any atom is 0.302 e. The van der Waals surface area contributed by atoms with E-state index in [-0.39, 0.29) is 28.8 Å². The molecule has 0 amide bonds. The molecular weight excluding hydrogens is 330 g/mol. The summed E-state index contributed by atoms with van der Waals surface area (Å²) in [6.45, 7) is 6.04. The summed E-state index contributed by atoms with van der Waals surface area (Å²) in [7, 11) is 0. The van der Waals surface area contributed by atoms with E-state index in [2.05, 4.69) is 25.1 Å². The van der Waals surface area contributed by atoms with Crippen LogP contribution in [0.25, 0.3) is 0 Å². The monoisotopic (exact) mass is 361 g/mol. The minimum atomic E-state index is -0.457. The fourth-order valence-electron chi connectivity index (χ4n) is 6.91. The number of aliphatic hydroxyl groups is 1. The number of esters is 1. The van der Waals surface area contributed by atoms with Crippen LogP contribution in [0.5, 0.6) is 0 Å². The summed E-state index contributed by atoms with van der Waals surface area (Å²) in [6, 6.07) is 0. The zero-order valence-corrected chi connectivity index (χ0v) is 16.1. The smallest absolute Gasteiger partial charge is 0.302 e. The number of oxime groups is 1. The molecule has 5 nitrogen and oxygen atoms in total. The number of ether oxygens (including phenoxy) is 1. The SMILES string of the molecule is CC(=O)O[C@H]1CC[C@@]2(C)C(=C[C@H](O)[C@@H]3[C@@H]2CC[C@]2(C)/C(=N/O)CC[C@@H]32)C1. The van der Waals surface area contributed by atoms with E-state index in [1.807, 2.05) is 0 Å². The van der Waals surface area contributed by atoms with E-state index in [0.717, 1.165) is 50.7 Å². The first-order valence-corrected chi connectivity index (χ1v) is 10.1. The van der Waals surface area contributed by atoms with Crippen molar-refractivity contribution in [2.24, 2.45) is 33.7 Å². The van der Waals surface area contributed by atoms with Crippen LogP contribution in [0.1, 0.15) is 65.7 Å². The molecule has 3 fully saturated rings. The molecule has 0 bridgehead atoms. The van der Waals surface area contributed by atoms with E-state index in [1.165, 1.54) is 12.5 Å². The first kappa shape index (κ1) is 18.0. The summed E-state index contributed by atoms with van der Waals surface area (Å²) in [4.78, 5) is 11.3. The molecule has 4 aliphatic carbocycles. The van der Waals surface area contributed by atoms with Crippen molar-refractivity contribution in [1.29, 1.82) is 0 Å². The highest BCUT2D eigenvalue weighted by molar-refractivity contribution is 5.92. The van der Waals surface area contributed by atoms with Gasteiger partial charge in [0.15, 0.2) is 0 Å². The van der Waals surface area contributed by atoms with Gasteiger partial charge in [-0.2, -0.15) is 0 Å².